The molecule has 1 fully saturated rings. The molecule has 0 saturated carbocycles. The lowest BCUT2D eigenvalue weighted by atomic mass is 10.0. The second kappa shape index (κ2) is 10.4. The third-order valence-electron chi connectivity index (χ3n) is 5.80. The summed E-state index contributed by atoms with van der Waals surface area (Å²) in [5.74, 6) is -0.800. The SMILES string of the molecule is O=C(Nc1ccc(OCCN2CCOCC2)c2ccccc12)c1cc(C(F)(F)F)ccc1C(F)(F)F. The number of nitrogens with zero attached hydrogens (tertiary/aromatic N) is 1. The maximum atomic E-state index is 13.4. The molecule has 0 atom stereocenters. The van der Waals surface area contributed by atoms with E-state index in [1.807, 2.05) is 0 Å². The van der Waals surface area contributed by atoms with Crippen molar-refractivity contribution in [2.24, 2.45) is 0 Å². The molecule has 1 heterocycles. The van der Waals surface area contributed by atoms with Gasteiger partial charge < -0.3 is 14.8 Å². The lowest BCUT2D eigenvalue weighted by molar-refractivity contribution is -0.141. The number of halogens is 6. The molecular formula is C25H22F6N2O3. The molecule has 1 aliphatic heterocycles. The molecule has 3 aromatic carbocycles. The number of carbonyl (C=O) groups excluding carboxylic acids is 1. The van der Waals surface area contributed by atoms with Crippen LogP contribution in [0.15, 0.2) is 54.6 Å². The Balaban J connectivity index is 1.59. The van der Waals surface area contributed by atoms with Gasteiger partial charge in [0, 0.05) is 36.1 Å². The predicted molar refractivity (Wildman–Crippen MR) is 121 cm³/mol. The standard InChI is InChI=1S/C25H22F6N2O3/c26-24(27,28)16-5-6-20(25(29,30)31)19(15-16)23(34)32-21-7-8-22(18-4-2-1-3-17(18)21)36-14-11-33-9-12-35-13-10-33/h1-8,15H,9-14H2,(H,32,34). The Bertz CT molecular complexity index is 1240. The lowest BCUT2D eigenvalue weighted by Gasteiger charge is -2.26. The first-order valence-electron chi connectivity index (χ1n) is 11.1. The van der Waals surface area contributed by atoms with Crippen LogP contribution in [0.25, 0.3) is 10.8 Å². The Morgan fingerprint density at radius 2 is 1.61 bits per heavy atom. The van der Waals surface area contributed by atoms with E-state index in [0.29, 0.717) is 49.0 Å². The molecule has 36 heavy (non-hydrogen) atoms. The molecule has 192 valence electrons. The quantitative estimate of drug-likeness (QED) is 0.422. The first kappa shape index (κ1) is 25.8. The number of hydrogen-bond acceptors (Lipinski definition) is 4. The first-order valence-corrected chi connectivity index (χ1v) is 11.1. The molecule has 11 heteroatoms. The van der Waals surface area contributed by atoms with Crippen LogP contribution < -0.4 is 10.1 Å². The number of alkyl halides is 6. The van der Waals surface area contributed by atoms with E-state index in [1.54, 1.807) is 30.3 Å². The maximum Gasteiger partial charge on any atom is 0.417 e. The summed E-state index contributed by atoms with van der Waals surface area (Å²) in [6, 6.07) is 10.6. The van der Waals surface area contributed by atoms with E-state index < -0.39 is 35.0 Å². The van der Waals surface area contributed by atoms with Gasteiger partial charge >= 0.3 is 12.4 Å². The zero-order valence-corrected chi connectivity index (χ0v) is 18.9. The number of nitrogens with one attached hydrogen (secondary N) is 1. The van der Waals surface area contributed by atoms with Crippen molar-refractivity contribution in [3.05, 3.63) is 71.3 Å². The minimum atomic E-state index is -5.02. The van der Waals surface area contributed by atoms with Crippen molar-refractivity contribution >= 4 is 22.4 Å². The van der Waals surface area contributed by atoms with E-state index >= 15 is 0 Å². The van der Waals surface area contributed by atoms with E-state index in [4.69, 9.17) is 9.47 Å². The molecule has 0 aromatic heterocycles. The molecular weight excluding hydrogens is 490 g/mol. The number of benzene rings is 3. The topological polar surface area (TPSA) is 50.8 Å². The summed E-state index contributed by atoms with van der Waals surface area (Å²) in [5, 5.41) is 3.41. The highest BCUT2D eigenvalue weighted by Gasteiger charge is 2.38. The van der Waals surface area contributed by atoms with Crippen molar-refractivity contribution in [3.63, 3.8) is 0 Å². The molecule has 4 rings (SSSR count). The van der Waals surface area contributed by atoms with Gasteiger partial charge in [0.05, 0.1) is 29.9 Å². The average Bonchev–Trinajstić information content (AvgIpc) is 2.84. The molecule has 0 spiro atoms. The summed E-state index contributed by atoms with van der Waals surface area (Å²) in [4.78, 5) is 15.0. The first-order chi connectivity index (χ1) is 17.0. The predicted octanol–water partition coefficient (Wildman–Crippen LogP) is 5.84. The largest absolute Gasteiger partial charge is 0.492 e. The summed E-state index contributed by atoms with van der Waals surface area (Å²) < 4.78 is 90.9. The Kier molecular flexibility index (Phi) is 7.41. The number of hydrogen-bond donors (Lipinski definition) is 1. The molecule has 3 aromatic rings. The van der Waals surface area contributed by atoms with Gasteiger partial charge in [0.2, 0.25) is 0 Å². The van der Waals surface area contributed by atoms with Crippen LogP contribution in [0.1, 0.15) is 21.5 Å². The summed E-state index contributed by atoms with van der Waals surface area (Å²) >= 11 is 0. The van der Waals surface area contributed by atoms with Crippen LogP contribution in [-0.4, -0.2) is 50.3 Å². The molecule has 5 nitrogen and oxygen atoms in total. The highest BCUT2D eigenvalue weighted by atomic mass is 19.4. The van der Waals surface area contributed by atoms with Crippen LogP contribution in [0.5, 0.6) is 5.75 Å². The molecule has 1 aliphatic rings. The van der Waals surface area contributed by atoms with Crippen molar-refractivity contribution in [1.29, 1.82) is 0 Å². The van der Waals surface area contributed by atoms with Crippen molar-refractivity contribution in [2.75, 3.05) is 44.8 Å². The maximum absolute atomic E-state index is 13.4. The van der Waals surface area contributed by atoms with Crippen LogP contribution in [0.2, 0.25) is 0 Å². The molecule has 0 bridgehead atoms. The van der Waals surface area contributed by atoms with Gasteiger partial charge in [-0.3, -0.25) is 9.69 Å². The van der Waals surface area contributed by atoms with Crippen molar-refractivity contribution in [2.45, 2.75) is 12.4 Å². The molecule has 1 amide bonds. The molecule has 1 saturated heterocycles. The number of morpholine rings is 1. The van der Waals surface area contributed by atoms with Gasteiger partial charge in [-0.25, -0.2) is 0 Å². The van der Waals surface area contributed by atoms with Crippen LogP contribution in [0.3, 0.4) is 0 Å². The average molecular weight is 512 g/mol. The highest BCUT2D eigenvalue weighted by molar-refractivity contribution is 6.10. The van der Waals surface area contributed by atoms with Gasteiger partial charge in [0.25, 0.3) is 5.91 Å². The van der Waals surface area contributed by atoms with E-state index in [9.17, 15) is 31.1 Å². The van der Waals surface area contributed by atoms with E-state index in [2.05, 4.69) is 10.2 Å². The van der Waals surface area contributed by atoms with Gasteiger partial charge in [-0.05, 0) is 30.3 Å². The van der Waals surface area contributed by atoms with E-state index in [0.717, 1.165) is 13.1 Å². The number of carbonyl (C=O) groups is 1. The van der Waals surface area contributed by atoms with Crippen molar-refractivity contribution in [1.82, 2.24) is 4.90 Å². The van der Waals surface area contributed by atoms with Gasteiger partial charge in [0.15, 0.2) is 0 Å². The Hall–Kier alpha value is -3.31. The summed E-state index contributed by atoms with van der Waals surface area (Å²) in [7, 11) is 0. The van der Waals surface area contributed by atoms with Crippen LogP contribution in [0, 0.1) is 0 Å². The second-order valence-electron chi connectivity index (χ2n) is 8.17. The molecule has 0 unspecified atom stereocenters. The monoisotopic (exact) mass is 512 g/mol. The zero-order valence-electron chi connectivity index (χ0n) is 18.9. The number of anilines is 1. The van der Waals surface area contributed by atoms with Gasteiger partial charge in [-0.2, -0.15) is 26.3 Å². The minimum absolute atomic E-state index is 0.140. The van der Waals surface area contributed by atoms with Crippen LogP contribution in [0.4, 0.5) is 32.0 Å². The highest BCUT2D eigenvalue weighted by Crippen LogP contribution is 2.37. The fourth-order valence-electron chi connectivity index (χ4n) is 3.96. The third kappa shape index (κ3) is 5.90. The van der Waals surface area contributed by atoms with E-state index in [1.165, 1.54) is 6.07 Å². The van der Waals surface area contributed by atoms with Gasteiger partial charge in [-0.1, -0.05) is 24.3 Å². The normalized spacial score (nSPS) is 15.2. The third-order valence-corrected chi connectivity index (χ3v) is 5.80. The van der Waals surface area contributed by atoms with E-state index in [-0.39, 0.29) is 17.8 Å². The molecule has 0 aliphatic carbocycles. The number of rotatable bonds is 6. The summed E-state index contributed by atoms with van der Waals surface area (Å²) in [6.07, 6.45) is -9.93. The smallest absolute Gasteiger partial charge is 0.417 e. The Morgan fingerprint density at radius 3 is 2.28 bits per heavy atom. The fraction of sp³-hybridized carbons (Fsp3) is 0.320. The van der Waals surface area contributed by atoms with Gasteiger partial charge in [-0.15, -0.1) is 0 Å². The fourth-order valence-corrected chi connectivity index (χ4v) is 3.96. The lowest BCUT2D eigenvalue weighted by Crippen LogP contribution is -2.38. The van der Waals surface area contributed by atoms with Gasteiger partial charge in [0.1, 0.15) is 12.4 Å². The minimum Gasteiger partial charge on any atom is -0.492 e. The number of amides is 1. The van der Waals surface area contributed by atoms with Crippen molar-refractivity contribution in [3.8, 4) is 5.75 Å². The molecule has 0 radical (unpaired) electrons. The number of fused-ring (bicyclic) bond motifs is 1. The summed E-state index contributed by atoms with van der Waals surface area (Å²) in [6.45, 7) is 3.95. The zero-order chi connectivity index (χ0) is 25.9. The Labute approximate surface area is 202 Å². The summed E-state index contributed by atoms with van der Waals surface area (Å²) in [5.41, 5.74) is -3.79. The molecule has 1 N–H and O–H groups in total. The van der Waals surface area contributed by atoms with Crippen molar-refractivity contribution < 1.29 is 40.6 Å². The van der Waals surface area contributed by atoms with Crippen LogP contribution >= 0.6 is 0 Å². The Morgan fingerprint density at radius 1 is 0.917 bits per heavy atom. The van der Waals surface area contributed by atoms with Crippen LogP contribution in [-0.2, 0) is 17.1 Å². The number of ether oxygens (including phenoxy) is 2. The second-order valence-corrected chi connectivity index (χ2v) is 8.17.